The maximum atomic E-state index is 9.92. The minimum atomic E-state index is -1.21. The molecule has 0 unspecified atom stereocenters. The van der Waals surface area contributed by atoms with Gasteiger partial charge in [0.1, 0.15) is 30.5 Å². The SMILES string of the molecule is NC[C@H]1O[C@@H](On2cc(Br)c3c(N)ncnc32)[C@H](O)[C@@H]1O. The average molecular weight is 360 g/mol. The summed E-state index contributed by atoms with van der Waals surface area (Å²) in [7, 11) is 0. The molecule has 0 aliphatic carbocycles. The number of nitrogens with two attached hydrogens (primary N) is 2. The molecule has 9 nitrogen and oxygen atoms in total. The molecule has 0 aromatic carbocycles. The lowest BCUT2D eigenvalue weighted by Gasteiger charge is -2.17. The highest BCUT2D eigenvalue weighted by Gasteiger charge is 2.44. The lowest BCUT2D eigenvalue weighted by molar-refractivity contribution is -0.163. The van der Waals surface area contributed by atoms with Crippen LogP contribution < -0.4 is 16.3 Å². The van der Waals surface area contributed by atoms with Gasteiger partial charge in [-0.1, -0.05) is 0 Å². The summed E-state index contributed by atoms with van der Waals surface area (Å²) < 4.78 is 7.31. The Labute approximate surface area is 127 Å². The first-order valence-corrected chi connectivity index (χ1v) is 6.98. The number of aliphatic hydroxyl groups is 2. The number of aromatic nitrogens is 3. The number of hydrogen-bond donors (Lipinski definition) is 4. The molecule has 0 amide bonds. The molecular formula is C11H14BrN5O4. The molecule has 4 atom stereocenters. The Balaban J connectivity index is 1.91. The van der Waals surface area contributed by atoms with Crippen molar-refractivity contribution in [3.63, 3.8) is 0 Å². The van der Waals surface area contributed by atoms with Crippen LogP contribution in [0.1, 0.15) is 0 Å². The Bertz CT molecular complexity index is 665. The topological polar surface area (TPSA) is 142 Å². The van der Waals surface area contributed by atoms with E-state index in [9.17, 15) is 10.2 Å². The summed E-state index contributed by atoms with van der Waals surface area (Å²) >= 11 is 3.34. The quantitative estimate of drug-likeness (QED) is 0.524. The third-order valence-electron chi connectivity index (χ3n) is 3.30. The van der Waals surface area contributed by atoms with Crippen LogP contribution in [0.4, 0.5) is 5.82 Å². The summed E-state index contributed by atoms with van der Waals surface area (Å²) in [6.07, 6.45) is -1.19. The standard InChI is InChI=1S/C11H14BrN5O4/c12-4-2-17(10-6(4)9(14)15-3-16-10)21-11-8(19)7(18)5(1-13)20-11/h2-3,5,7-8,11,18-19H,1,13H2,(H2,14,15,16)/t5-,7-,8-,11+/m1/s1. The number of hydrogen-bond acceptors (Lipinski definition) is 8. The second kappa shape index (κ2) is 5.39. The highest BCUT2D eigenvalue weighted by atomic mass is 79.9. The van der Waals surface area contributed by atoms with Crippen LogP contribution in [0.15, 0.2) is 17.0 Å². The lowest BCUT2D eigenvalue weighted by Crippen LogP contribution is -2.38. The Morgan fingerprint density at radius 3 is 2.81 bits per heavy atom. The molecule has 0 spiro atoms. The predicted molar refractivity (Wildman–Crippen MR) is 75.9 cm³/mol. The first kappa shape index (κ1) is 14.5. The van der Waals surface area contributed by atoms with Crippen molar-refractivity contribution in [1.29, 1.82) is 0 Å². The van der Waals surface area contributed by atoms with E-state index < -0.39 is 24.6 Å². The Morgan fingerprint density at radius 2 is 2.14 bits per heavy atom. The van der Waals surface area contributed by atoms with Crippen molar-refractivity contribution in [3.05, 3.63) is 17.0 Å². The van der Waals surface area contributed by atoms with Crippen molar-refractivity contribution < 1.29 is 19.8 Å². The van der Waals surface area contributed by atoms with Crippen molar-refractivity contribution >= 4 is 32.8 Å². The number of fused-ring (bicyclic) bond motifs is 1. The summed E-state index contributed by atoms with van der Waals surface area (Å²) in [5.74, 6) is 0.294. The maximum Gasteiger partial charge on any atom is 0.254 e. The number of aliphatic hydroxyl groups excluding tert-OH is 2. The zero-order chi connectivity index (χ0) is 15.1. The zero-order valence-corrected chi connectivity index (χ0v) is 12.3. The molecule has 2 aromatic rings. The zero-order valence-electron chi connectivity index (χ0n) is 10.8. The van der Waals surface area contributed by atoms with Gasteiger partial charge in [-0.2, -0.15) is 4.73 Å². The van der Waals surface area contributed by atoms with E-state index in [0.717, 1.165) is 0 Å². The summed E-state index contributed by atoms with van der Waals surface area (Å²) in [6.45, 7) is 0.0727. The number of rotatable bonds is 3. The molecule has 0 saturated carbocycles. The fourth-order valence-corrected chi connectivity index (χ4v) is 2.77. The van der Waals surface area contributed by atoms with E-state index in [1.54, 1.807) is 6.20 Å². The largest absolute Gasteiger partial charge is 0.387 e. The van der Waals surface area contributed by atoms with Crippen LogP contribution in [0.25, 0.3) is 11.0 Å². The number of ether oxygens (including phenoxy) is 1. The second-order valence-electron chi connectivity index (χ2n) is 4.63. The number of anilines is 1. The number of nitrogen functional groups attached to an aromatic ring is 1. The number of nitrogens with zero attached hydrogens (tertiary/aromatic N) is 3. The van der Waals surface area contributed by atoms with E-state index in [1.165, 1.54) is 11.1 Å². The first-order chi connectivity index (χ1) is 10.0. The van der Waals surface area contributed by atoms with Gasteiger partial charge >= 0.3 is 0 Å². The van der Waals surface area contributed by atoms with Crippen LogP contribution in [-0.4, -0.2) is 56.1 Å². The van der Waals surface area contributed by atoms with E-state index in [4.69, 9.17) is 21.0 Å². The molecular weight excluding hydrogens is 346 g/mol. The Morgan fingerprint density at radius 1 is 1.38 bits per heavy atom. The molecule has 1 saturated heterocycles. The third kappa shape index (κ3) is 2.34. The first-order valence-electron chi connectivity index (χ1n) is 6.18. The normalized spacial score (nSPS) is 29.1. The molecule has 6 N–H and O–H groups in total. The van der Waals surface area contributed by atoms with Crippen molar-refractivity contribution in [3.8, 4) is 0 Å². The summed E-state index contributed by atoms with van der Waals surface area (Å²) in [5.41, 5.74) is 11.7. The minimum Gasteiger partial charge on any atom is -0.387 e. The van der Waals surface area contributed by atoms with E-state index >= 15 is 0 Å². The van der Waals surface area contributed by atoms with Crippen molar-refractivity contribution in [2.24, 2.45) is 5.73 Å². The molecule has 1 aliphatic rings. The van der Waals surface area contributed by atoms with Crippen LogP contribution in [0.5, 0.6) is 0 Å². The molecule has 1 aliphatic heterocycles. The van der Waals surface area contributed by atoms with Crippen molar-refractivity contribution in [2.75, 3.05) is 12.3 Å². The van der Waals surface area contributed by atoms with E-state index in [1.807, 2.05) is 0 Å². The summed E-state index contributed by atoms with van der Waals surface area (Å²) in [5, 5.41) is 20.3. The van der Waals surface area contributed by atoms with Crippen molar-refractivity contribution in [2.45, 2.75) is 24.6 Å². The Hall–Kier alpha value is -1.46. The van der Waals surface area contributed by atoms with Gasteiger partial charge in [-0.05, 0) is 15.9 Å². The molecule has 0 bridgehead atoms. The van der Waals surface area contributed by atoms with Gasteiger partial charge in [0, 0.05) is 6.54 Å². The second-order valence-corrected chi connectivity index (χ2v) is 5.48. The fraction of sp³-hybridized carbons (Fsp3) is 0.455. The highest BCUT2D eigenvalue weighted by Crippen LogP contribution is 2.28. The van der Waals surface area contributed by atoms with Crippen LogP contribution >= 0.6 is 15.9 Å². The lowest BCUT2D eigenvalue weighted by atomic mass is 10.1. The van der Waals surface area contributed by atoms with Gasteiger partial charge in [-0.3, -0.25) is 0 Å². The Kier molecular flexibility index (Phi) is 3.71. The van der Waals surface area contributed by atoms with Gasteiger partial charge < -0.3 is 31.3 Å². The monoisotopic (exact) mass is 359 g/mol. The summed E-state index contributed by atoms with van der Waals surface area (Å²) in [4.78, 5) is 13.5. The molecule has 2 aromatic heterocycles. The van der Waals surface area contributed by atoms with Gasteiger partial charge in [0.25, 0.3) is 6.29 Å². The van der Waals surface area contributed by atoms with Crippen molar-refractivity contribution in [1.82, 2.24) is 14.7 Å². The van der Waals surface area contributed by atoms with Crippen LogP contribution in [0.3, 0.4) is 0 Å². The average Bonchev–Trinajstić information content (AvgIpc) is 2.92. The molecule has 3 heterocycles. The highest BCUT2D eigenvalue weighted by molar-refractivity contribution is 9.10. The predicted octanol–water partition coefficient (Wildman–Crippen LogP) is -1.39. The smallest absolute Gasteiger partial charge is 0.254 e. The third-order valence-corrected chi connectivity index (χ3v) is 3.90. The molecule has 1 fully saturated rings. The van der Waals surface area contributed by atoms with Gasteiger partial charge in [-0.25, -0.2) is 9.97 Å². The fourth-order valence-electron chi connectivity index (χ4n) is 2.20. The van der Waals surface area contributed by atoms with Gasteiger partial charge in [-0.15, -0.1) is 0 Å². The van der Waals surface area contributed by atoms with E-state index in [0.29, 0.717) is 21.3 Å². The van der Waals surface area contributed by atoms with Crippen LogP contribution in [0.2, 0.25) is 0 Å². The minimum absolute atomic E-state index is 0.0727. The van der Waals surface area contributed by atoms with Gasteiger partial charge in [0.15, 0.2) is 5.65 Å². The molecule has 114 valence electrons. The van der Waals surface area contributed by atoms with E-state index in [-0.39, 0.29) is 6.54 Å². The molecule has 21 heavy (non-hydrogen) atoms. The summed E-state index contributed by atoms with van der Waals surface area (Å²) in [6, 6.07) is 0. The molecule has 10 heteroatoms. The van der Waals surface area contributed by atoms with Gasteiger partial charge in [0.05, 0.1) is 16.1 Å². The number of halogens is 1. The maximum absolute atomic E-state index is 9.92. The molecule has 0 radical (unpaired) electrons. The van der Waals surface area contributed by atoms with E-state index in [2.05, 4.69) is 25.9 Å². The van der Waals surface area contributed by atoms with Crippen LogP contribution in [-0.2, 0) is 4.74 Å². The molecule has 3 rings (SSSR count). The van der Waals surface area contributed by atoms with Gasteiger partial charge in [0.2, 0.25) is 0 Å². The van der Waals surface area contributed by atoms with Crippen LogP contribution in [0, 0.1) is 0 Å².